The second-order valence-corrected chi connectivity index (χ2v) is 7.58. The number of hydrogen-bond acceptors (Lipinski definition) is 4. The van der Waals surface area contributed by atoms with Crippen LogP contribution >= 0.6 is 23.4 Å². The fourth-order valence-corrected chi connectivity index (χ4v) is 3.37. The molecule has 0 spiro atoms. The first-order chi connectivity index (χ1) is 9.92. The lowest BCUT2D eigenvalue weighted by Crippen LogP contribution is -2.26. The first-order valence-corrected chi connectivity index (χ1v) is 9.85. The predicted octanol–water partition coefficient (Wildman–Crippen LogP) is 2.62. The smallest absolute Gasteiger partial charge is 0.240 e. The van der Waals surface area contributed by atoms with Gasteiger partial charge < -0.3 is 5.32 Å². The van der Waals surface area contributed by atoms with Crippen LogP contribution < -0.4 is 10.0 Å². The summed E-state index contributed by atoms with van der Waals surface area (Å²) in [6.45, 7) is 3.39. The van der Waals surface area contributed by atoms with Crippen LogP contribution in [0.3, 0.4) is 0 Å². The van der Waals surface area contributed by atoms with Gasteiger partial charge in [0.25, 0.3) is 0 Å². The van der Waals surface area contributed by atoms with Crippen LogP contribution in [0.15, 0.2) is 17.0 Å². The quantitative estimate of drug-likeness (QED) is 0.669. The van der Waals surface area contributed by atoms with Gasteiger partial charge in [-0.25, -0.2) is 17.5 Å². The van der Waals surface area contributed by atoms with Crippen LogP contribution in [-0.2, 0) is 16.6 Å². The molecule has 0 saturated carbocycles. The van der Waals surface area contributed by atoms with Crippen molar-refractivity contribution in [2.75, 3.05) is 25.1 Å². The molecule has 0 aliphatic carbocycles. The Morgan fingerprint density at radius 3 is 2.67 bits per heavy atom. The maximum Gasteiger partial charge on any atom is 0.240 e. The minimum absolute atomic E-state index is 0.0401. The van der Waals surface area contributed by atoms with Crippen molar-refractivity contribution in [1.82, 2.24) is 10.0 Å². The molecule has 21 heavy (non-hydrogen) atoms. The zero-order chi connectivity index (χ0) is 15.9. The Kier molecular flexibility index (Phi) is 7.97. The molecule has 0 radical (unpaired) electrons. The van der Waals surface area contributed by atoms with Crippen molar-refractivity contribution in [2.45, 2.75) is 24.8 Å². The SMILES string of the molecule is CCCNCc1cc(S(=O)(=O)NCCSC)cc(F)c1Cl. The van der Waals surface area contributed by atoms with Crippen LogP contribution in [0.25, 0.3) is 0 Å². The Morgan fingerprint density at radius 1 is 1.33 bits per heavy atom. The van der Waals surface area contributed by atoms with Crippen molar-refractivity contribution in [1.29, 1.82) is 0 Å². The molecule has 120 valence electrons. The highest BCUT2D eigenvalue weighted by Gasteiger charge is 2.18. The number of nitrogens with one attached hydrogen (secondary N) is 2. The molecule has 1 aromatic carbocycles. The third-order valence-electron chi connectivity index (χ3n) is 2.73. The van der Waals surface area contributed by atoms with Crippen LogP contribution in [0.1, 0.15) is 18.9 Å². The van der Waals surface area contributed by atoms with Gasteiger partial charge in [0, 0.05) is 18.8 Å². The number of rotatable bonds is 9. The van der Waals surface area contributed by atoms with Gasteiger partial charge in [-0.3, -0.25) is 0 Å². The summed E-state index contributed by atoms with van der Waals surface area (Å²) in [6.07, 6.45) is 2.81. The standard InChI is InChI=1S/C13H20ClFN2O2S2/c1-3-4-16-9-10-7-11(8-12(15)13(10)14)21(18,19)17-5-6-20-2/h7-8,16-17H,3-6,9H2,1-2H3. The normalized spacial score (nSPS) is 11.8. The van der Waals surface area contributed by atoms with Crippen molar-refractivity contribution in [3.63, 3.8) is 0 Å². The van der Waals surface area contributed by atoms with Gasteiger partial charge in [-0.1, -0.05) is 18.5 Å². The molecule has 0 unspecified atom stereocenters. The van der Waals surface area contributed by atoms with Gasteiger partial charge in [-0.05, 0) is 36.9 Å². The number of halogens is 2. The molecule has 0 aromatic heterocycles. The third kappa shape index (κ3) is 5.75. The second-order valence-electron chi connectivity index (χ2n) is 4.45. The lowest BCUT2D eigenvalue weighted by atomic mass is 10.2. The third-order valence-corrected chi connectivity index (χ3v) is 5.20. The first kappa shape index (κ1) is 18.7. The molecule has 0 amide bonds. The monoisotopic (exact) mass is 354 g/mol. The molecule has 4 nitrogen and oxygen atoms in total. The van der Waals surface area contributed by atoms with E-state index in [0.29, 0.717) is 24.4 Å². The van der Waals surface area contributed by atoms with Crippen molar-refractivity contribution in [3.8, 4) is 0 Å². The molecule has 0 bridgehead atoms. The van der Waals surface area contributed by atoms with Crippen molar-refractivity contribution in [2.24, 2.45) is 0 Å². The Labute approximate surface area is 134 Å². The van der Waals surface area contributed by atoms with E-state index < -0.39 is 15.8 Å². The highest BCUT2D eigenvalue weighted by Crippen LogP contribution is 2.24. The minimum atomic E-state index is -3.71. The fraction of sp³-hybridized carbons (Fsp3) is 0.538. The molecule has 2 N–H and O–H groups in total. The summed E-state index contributed by atoms with van der Waals surface area (Å²) < 4.78 is 40.5. The van der Waals surface area contributed by atoms with Gasteiger partial charge in [0.2, 0.25) is 10.0 Å². The van der Waals surface area contributed by atoms with Crippen LogP contribution in [0.5, 0.6) is 0 Å². The van der Waals surface area contributed by atoms with Crippen LogP contribution in [0.2, 0.25) is 5.02 Å². The van der Waals surface area contributed by atoms with Crippen LogP contribution in [0, 0.1) is 5.82 Å². The lowest BCUT2D eigenvalue weighted by Gasteiger charge is -2.11. The van der Waals surface area contributed by atoms with Crippen molar-refractivity contribution in [3.05, 3.63) is 28.5 Å². The molecule has 1 aromatic rings. The molecule has 0 aliphatic heterocycles. The van der Waals surface area contributed by atoms with Crippen LogP contribution in [-0.4, -0.2) is 33.5 Å². The zero-order valence-corrected chi connectivity index (χ0v) is 14.5. The number of benzene rings is 1. The molecular weight excluding hydrogens is 335 g/mol. The average molecular weight is 355 g/mol. The lowest BCUT2D eigenvalue weighted by molar-refractivity contribution is 0.578. The maximum atomic E-state index is 13.8. The Hall–Kier alpha value is -0.340. The molecule has 0 heterocycles. The Bertz CT molecular complexity index is 568. The van der Waals surface area contributed by atoms with E-state index in [9.17, 15) is 12.8 Å². The van der Waals surface area contributed by atoms with Gasteiger partial charge in [0.15, 0.2) is 0 Å². The van der Waals surface area contributed by atoms with E-state index in [1.54, 1.807) is 0 Å². The number of thioether (sulfide) groups is 1. The minimum Gasteiger partial charge on any atom is -0.313 e. The Morgan fingerprint density at radius 2 is 2.05 bits per heavy atom. The number of sulfonamides is 1. The fourth-order valence-electron chi connectivity index (χ4n) is 1.66. The summed E-state index contributed by atoms with van der Waals surface area (Å²) >= 11 is 7.42. The zero-order valence-electron chi connectivity index (χ0n) is 12.1. The van der Waals surface area contributed by atoms with Crippen molar-refractivity contribution < 1.29 is 12.8 Å². The van der Waals surface area contributed by atoms with E-state index in [-0.39, 0.29) is 9.92 Å². The molecule has 0 aliphatic rings. The summed E-state index contributed by atoms with van der Waals surface area (Å²) in [5.74, 6) is -0.0714. The van der Waals surface area contributed by atoms with E-state index in [1.807, 2.05) is 13.2 Å². The molecule has 0 saturated heterocycles. The van der Waals surface area contributed by atoms with E-state index in [2.05, 4.69) is 10.0 Å². The van der Waals surface area contributed by atoms with Gasteiger partial charge >= 0.3 is 0 Å². The van der Waals surface area contributed by atoms with Gasteiger partial charge in [-0.15, -0.1) is 0 Å². The predicted molar refractivity (Wildman–Crippen MR) is 87.0 cm³/mol. The highest BCUT2D eigenvalue weighted by molar-refractivity contribution is 7.98. The largest absolute Gasteiger partial charge is 0.313 e. The summed E-state index contributed by atoms with van der Waals surface area (Å²) in [7, 11) is -3.71. The van der Waals surface area contributed by atoms with E-state index >= 15 is 0 Å². The van der Waals surface area contributed by atoms with Gasteiger partial charge in [0.1, 0.15) is 5.82 Å². The van der Waals surface area contributed by atoms with Gasteiger partial charge in [0.05, 0.1) is 9.92 Å². The summed E-state index contributed by atoms with van der Waals surface area (Å²) in [4.78, 5) is -0.0983. The molecule has 8 heteroatoms. The second kappa shape index (κ2) is 8.95. The van der Waals surface area contributed by atoms with E-state index in [0.717, 1.165) is 19.0 Å². The number of hydrogen-bond donors (Lipinski definition) is 2. The topological polar surface area (TPSA) is 58.2 Å². The van der Waals surface area contributed by atoms with Gasteiger partial charge in [-0.2, -0.15) is 11.8 Å². The molecule has 1 rings (SSSR count). The Balaban J connectivity index is 2.97. The average Bonchev–Trinajstić information content (AvgIpc) is 2.43. The summed E-state index contributed by atoms with van der Waals surface area (Å²) in [6, 6.07) is 2.36. The van der Waals surface area contributed by atoms with E-state index in [1.165, 1.54) is 17.8 Å². The summed E-state index contributed by atoms with van der Waals surface area (Å²) in [5, 5.41) is 3.04. The molecular formula is C13H20ClFN2O2S2. The first-order valence-electron chi connectivity index (χ1n) is 6.59. The van der Waals surface area contributed by atoms with Crippen LogP contribution in [0.4, 0.5) is 4.39 Å². The van der Waals surface area contributed by atoms with E-state index in [4.69, 9.17) is 11.6 Å². The summed E-state index contributed by atoms with van der Waals surface area (Å²) in [5.41, 5.74) is 0.440. The molecule has 0 atom stereocenters. The highest BCUT2D eigenvalue weighted by atomic mass is 35.5. The maximum absolute atomic E-state index is 13.8. The molecule has 0 fully saturated rings. The van der Waals surface area contributed by atoms with Crippen molar-refractivity contribution >= 4 is 33.4 Å².